The van der Waals surface area contributed by atoms with Crippen molar-refractivity contribution in [2.75, 3.05) is 18.1 Å². The Balaban J connectivity index is 1.95. The summed E-state index contributed by atoms with van der Waals surface area (Å²) in [5, 5.41) is 10.7. The van der Waals surface area contributed by atoms with Gasteiger partial charge in [0, 0.05) is 11.4 Å². The molecule has 0 atom stereocenters. The van der Waals surface area contributed by atoms with Crippen molar-refractivity contribution in [1.82, 2.24) is 20.2 Å². The number of thioether (sulfide) groups is 1. The Morgan fingerprint density at radius 1 is 1.24 bits per heavy atom. The van der Waals surface area contributed by atoms with Gasteiger partial charge in [0.2, 0.25) is 11.8 Å². The highest BCUT2D eigenvalue weighted by Crippen LogP contribution is 2.28. The number of ether oxygens (including phenoxy) is 1. The van der Waals surface area contributed by atoms with Crippen LogP contribution >= 0.6 is 11.8 Å². The number of aromatic nitrogens is 4. The number of hydrogen-bond acceptors (Lipinski definition) is 6. The number of rotatable bonds is 5. The molecule has 0 unspecified atom stereocenters. The zero-order valence-electron chi connectivity index (χ0n) is 11.8. The van der Waals surface area contributed by atoms with Crippen LogP contribution in [0, 0.1) is 0 Å². The lowest BCUT2D eigenvalue weighted by molar-refractivity contribution is 0.468. The molecule has 3 aromatic rings. The van der Waals surface area contributed by atoms with E-state index in [-0.39, 0.29) is 0 Å². The maximum Gasteiger partial charge on any atom is 0.235 e. The molecule has 7 heteroatoms. The Kier molecular flexibility index (Phi) is 3.92. The number of nitrogens with zero attached hydrogens (tertiary/aromatic N) is 3. The Hall–Kier alpha value is -2.28. The standard InChI is InChI=1S/C14H15N5OS/c1-3-15-14-17-12-11(8-16-19-12)13(18-14)20-9-4-6-10(21-2)7-5-9/h4-8H,3H2,1-2H3,(H2,15,16,17,18,19). The van der Waals surface area contributed by atoms with Crippen molar-refractivity contribution in [2.24, 2.45) is 0 Å². The molecule has 0 aliphatic heterocycles. The van der Waals surface area contributed by atoms with E-state index in [9.17, 15) is 0 Å². The van der Waals surface area contributed by atoms with Gasteiger partial charge in [-0.15, -0.1) is 11.8 Å². The van der Waals surface area contributed by atoms with Crippen molar-refractivity contribution in [3.8, 4) is 11.6 Å². The molecule has 0 radical (unpaired) electrons. The molecule has 108 valence electrons. The number of anilines is 1. The summed E-state index contributed by atoms with van der Waals surface area (Å²) in [4.78, 5) is 9.91. The molecule has 0 bridgehead atoms. The van der Waals surface area contributed by atoms with Crippen LogP contribution in [0.3, 0.4) is 0 Å². The van der Waals surface area contributed by atoms with Crippen molar-refractivity contribution >= 4 is 28.7 Å². The molecule has 2 N–H and O–H groups in total. The largest absolute Gasteiger partial charge is 0.438 e. The molecule has 0 aliphatic carbocycles. The highest BCUT2D eigenvalue weighted by molar-refractivity contribution is 7.98. The van der Waals surface area contributed by atoms with Crippen LogP contribution < -0.4 is 10.1 Å². The average molecular weight is 301 g/mol. The fourth-order valence-corrected chi connectivity index (χ4v) is 2.29. The number of hydrogen-bond donors (Lipinski definition) is 2. The summed E-state index contributed by atoms with van der Waals surface area (Å²) >= 11 is 1.69. The van der Waals surface area contributed by atoms with E-state index in [0.717, 1.165) is 17.7 Å². The topological polar surface area (TPSA) is 75.7 Å². The predicted octanol–water partition coefficient (Wildman–Crippen LogP) is 3.30. The second kappa shape index (κ2) is 6.01. The first kappa shape index (κ1) is 13.7. The first-order chi connectivity index (χ1) is 10.3. The Bertz CT molecular complexity index is 741. The first-order valence-electron chi connectivity index (χ1n) is 6.57. The number of fused-ring (bicyclic) bond motifs is 1. The van der Waals surface area contributed by atoms with E-state index in [1.54, 1.807) is 18.0 Å². The number of H-pyrrole nitrogens is 1. The van der Waals surface area contributed by atoms with Gasteiger partial charge in [0.25, 0.3) is 0 Å². The van der Waals surface area contributed by atoms with E-state index in [2.05, 4.69) is 25.5 Å². The lowest BCUT2D eigenvalue weighted by Gasteiger charge is -2.08. The number of nitrogens with one attached hydrogen (secondary N) is 2. The molecule has 2 aromatic heterocycles. The van der Waals surface area contributed by atoms with E-state index in [1.807, 2.05) is 37.4 Å². The van der Waals surface area contributed by atoms with Crippen molar-refractivity contribution in [3.63, 3.8) is 0 Å². The predicted molar refractivity (Wildman–Crippen MR) is 84.1 cm³/mol. The van der Waals surface area contributed by atoms with Crippen molar-refractivity contribution < 1.29 is 4.74 Å². The minimum absolute atomic E-state index is 0.488. The maximum absolute atomic E-state index is 5.88. The molecule has 2 heterocycles. The summed E-state index contributed by atoms with van der Waals surface area (Å²) in [6.07, 6.45) is 3.70. The third-order valence-corrected chi connectivity index (χ3v) is 3.63. The Morgan fingerprint density at radius 2 is 2.05 bits per heavy atom. The lowest BCUT2D eigenvalue weighted by Crippen LogP contribution is -2.03. The molecule has 0 fully saturated rings. The molecule has 21 heavy (non-hydrogen) atoms. The van der Waals surface area contributed by atoms with Gasteiger partial charge in [-0.2, -0.15) is 15.1 Å². The molecule has 0 spiro atoms. The summed E-state index contributed by atoms with van der Waals surface area (Å²) in [7, 11) is 0. The van der Waals surface area contributed by atoms with Gasteiger partial charge in [0.05, 0.1) is 6.20 Å². The van der Waals surface area contributed by atoms with Crippen LogP contribution in [0.25, 0.3) is 11.0 Å². The van der Waals surface area contributed by atoms with Crippen LogP contribution in [-0.4, -0.2) is 33.0 Å². The summed E-state index contributed by atoms with van der Waals surface area (Å²) < 4.78 is 5.88. The van der Waals surface area contributed by atoms with E-state index < -0.39 is 0 Å². The zero-order valence-corrected chi connectivity index (χ0v) is 12.6. The van der Waals surface area contributed by atoms with Crippen molar-refractivity contribution in [2.45, 2.75) is 11.8 Å². The molecule has 0 amide bonds. The molecule has 3 rings (SSSR count). The SMILES string of the molecule is CCNc1nc(Oc2ccc(SC)cc2)c2cn[nH]c2n1. The molecule has 0 saturated heterocycles. The van der Waals surface area contributed by atoms with Gasteiger partial charge in [-0.3, -0.25) is 5.10 Å². The van der Waals surface area contributed by atoms with Gasteiger partial charge in [-0.05, 0) is 37.4 Å². The molecule has 6 nitrogen and oxygen atoms in total. The van der Waals surface area contributed by atoms with E-state index in [1.165, 1.54) is 4.90 Å². The third kappa shape index (κ3) is 2.92. The lowest BCUT2D eigenvalue weighted by atomic mass is 10.3. The molecule has 0 saturated carbocycles. The molecule has 1 aromatic carbocycles. The van der Waals surface area contributed by atoms with Crippen LogP contribution in [0.4, 0.5) is 5.95 Å². The molecular formula is C14H15N5OS. The molecular weight excluding hydrogens is 286 g/mol. The normalized spacial score (nSPS) is 10.8. The first-order valence-corrected chi connectivity index (χ1v) is 7.79. The monoisotopic (exact) mass is 301 g/mol. The summed E-state index contributed by atoms with van der Waals surface area (Å²) in [6, 6.07) is 7.87. The smallest absolute Gasteiger partial charge is 0.235 e. The van der Waals surface area contributed by atoms with Gasteiger partial charge in [0.1, 0.15) is 11.1 Å². The maximum atomic E-state index is 5.88. The highest BCUT2D eigenvalue weighted by Gasteiger charge is 2.11. The quantitative estimate of drug-likeness (QED) is 0.704. The fourth-order valence-electron chi connectivity index (χ4n) is 1.88. The van der Waals surface area contributed by atoms with Crippen LogP contribution in [0.1, 0.15) is 6.92 Å². The number of benzene rings is 1. The van der Waals surface area contributed by atoms with Crippen LogP contribution in [0.15, 0.2) is 35.4 Å². The van der Waals surface area contributed by atoms with Gasteiger partial charge in [0.15, 0.2) is 5.65 Å². The Morgan fingerprint density at radius 3 is 2.76 bits per heavy atom. The van der Waals surface area contributed by atoms with Crippen LogP contribution in [0.2, 0.25) is 0 Å². The molecule has 0 aliphatic rings. The van der Waals surface area contributed by atoms with Gasteiger partial charge in [-0.1, -0.05) is 0 Å². The second-order valence-electron chi connectivity index (χ2n) is 4.29. The highest BCUT2D eigenvalue weighted by atomic mass is 32.2. The average Bonchev–Trinajstić information content (AvgIpc) is 2.97. The van der Waals surface area contributed by atoms with Crippen LogP contribution in [-0.2, 0) is 0 Å². The van der Waals surface area contributed by atoms with Gasteiger partial charge >= 0.3 is 0 Å². The minimum atomic E-state index is 0.488. The van der Waals surface area contributed by atoms with E-state index in [0.29, 0.717) is 17.5 Å². The van der Waals surface area contributed by atoms with Gasteiger partial charge in [-0.25, -0.2) is 0 Å². The summed E-state index contributed by atoms with van der Waals surface area (Å²) in [5.41, 5.74) is 0.650. The fraction of sp³-hybridized carbons (Fsp3) is 0.214. The minimum Gasteiger partial charge on any atom is -0.438 e. The van der Waals surface area contributed by atoms with Crippen molar-refractivity contribution in [1.29, 1.82) is 0 Å². The zero-order chi connectivity index (χ0) is 14.7. The van der Waals surface area contributed by atoms with Gasteiger partial charge < -0.3 is 10.1 Å². The number of aromatic amines is 1. The second-order valence-corrected chi connectivity index (χ2v) is 5.17. The Labute approximate surface area is 126 Å². The summed E-state index contributed by atoms with van der Waals surface area (Å²) in [5.74, 6) is 1.74. The van der Waals surface area contributed by atoms with E-state index >= 15 is 0 Å². The van der Waals surface area contributed by atoms with E-state index in [4.69, 9.17) is 4.74 Å². The van der Waals surface area contributed by atoms with Crippen molar-refractivity contribution in [3.05, 3.63) is 30.5 Å². The third-order valence-electron chi connectivity index (χ3n) is 2.88. The van der Waals surface area contributed by atoms with Crippen LogP contribution in [0.5, 0.6) is 11.6 Å². The summed E-state index contributed by atoms with van der Waals surface area (Å²) in [6.45, 7) is 2.73.